The van der Waals surface area contributed by atoms with Crippen molar-refractivity contribution in [3.8, 4) is 0 Å². The first-order valence-corrected chi connectivity index (χ1v) is 7.08. The minimum absolute atomic E-state index is 0.115. The van der Waals surface area contributed by atoms with Gasteiger partial charge < -0.3 is 14.7 Å². The first kappa shape index (κ1) is 13.5. The maximum absolute atomic E-state index is 12.4. The lowest BCUT2D eigenvalue weighted by Crippen LogP contribution is -2.34. The summed E-state index contributed by atoms with van der Waals surface area (Å²) in [5, 5.41) is 6.86. The summed E-state index contributed by atoms with van der Waals surface area (Å²) in [7, 11) is 0. The van der Waals surface area contributed by atoms with Crippen molar-refractivity contribution in [2.24, 2.45) is 0 Å². The molecule has 1 aliphatic heterocycles. The number of likely N-dealkylation sites (tertiary alicyclic amines) is 1. The van der Waals surface area contributed by atoms with Crippen LogP contribution in [0.1, 0.15) is 37.5 Å². The summed E-state index contributed by atoms with van der Waals surface area (Å²) in [6.07, 6.45) is 5.77. The topological polar surface area (TPSA) is 84.2 Å². The number of anilines is 1. The summed E-state index contributed by atoms with van der Waals surface area (Å²) in [6, 6.07) is 3.25. The van der Waals surface area contributed by atoms with E-state index in [9.17, 15) is 4.79 Å². The fourth-order valence-electron chi connectivity index (χ4n) is 2.46. The molecule has 2 aromatic heterocycles. The SMILES string of the molecule is CCc1nc(C2CCCN2C(=O)Nc2ccncc2)no1. The molecule has 3 heterocycles. The van der Waals surface area contributed by atoms with E-state index in [-0.39, 0.29) is 12.1 Å². The number of aryl methyl sites for hydroxylation is 1. The van der Waals surface area contributed by atoms with Gasteiger partial charge in [0.15, 0.2) is 5.82 Å². The van der Waals surface area contributed by atoms with Crippen molar-refractivity contribution < 1.29 is 9.32 Å². The summed E-state index contributed by atoms with van der Waals surface area (Å²) in [4.78, 5) is 22.4. The van der Waals surface area contributed by atoms with Crippen molar-refractivity contribution in [3.63, 3.8) is 0 Å². The molecule has 21 heavy (non-hydrogen) atoms. The number of hydrogen-bond acceptors (Lipinski definition) is 5. The highest BCUT2D eigenvalue weighted by Gasteiger charge is 2.33. The van der Waals surface area contributed by atoms with Gasteiger partial charge in [-0.2, -0.15) is 4.98 Å². The Bertz CT molecular complexity index is 613. The molecule has 0 bridgehead atoms. The van der Waals surface area contributed by atoms with Gasteiger partial charge in [-0.05, 0) is 25.0 Å². The number of pyridine rings is 1. The van der Waals surface area contributed by atoms with E-state index in [0.29, 0.717) is 24.7 Å². The van der Waals surface area contributed by atoms with E-state index in [1.54, 1.807) is 29.4 Å². The zero-order valence-corrected chi connectivity index (χ0v) is 11.8. The number of nitrogens with zero attached hydrogens (tertiary/aromatic N) is 4. The molecule has 1 saturated heterocycles. The third-order valence-corrected chi connectivity index (χ3v) is 3.53. The Hall–Kier alpha value is -2.44. The Balaban J connectivity index is 1.73. The molecule has 1 atom stereocenters. The van der Waals surface area contributed by atoms with Gasteiger partial charge in [-0.25, -0.2) is 4.79 Å². The Morgan fingerprint density at radius 3 is 3.00 bits per heavy atom. The van der Waals surface area contributed by atoms with E-state index < -0.39 is 0 Å². The molecule has 0 aliphatic carbocycles. The Morgan fingerprint density at radius 1 is 1.48 bits per heavy atom. The highest BCUT2D eigenvalue weighted by molar-refractivity contribution is 5.89. The molecule has 2 aromatic rings. The molecule has 110 valence electrons. The van der Waals surface area contributed by atoms with Crippen molar-refractivity contribution in [1.29, 1.82) is 0 Å². The van der Waals surface area contributed by atoms with Gasteiger partial charge in [-0.3, -0.25) is 4.98 Å². The molecule has 2 amide bonds. The van der Waals surface area contributed by atoms with Crippen LogP contribution in [0, 0.1) is 0 Å². The molecule has 0 radical (unpaired) electrons. The van der Waals surface area contributed by atoms with Crippen LogP contribution < -0.4 is 5.32 Å². The van der Waals surface area contributed by atoms with E-state index in [4.69, 9.17) is 4.52 Å². The van der Waals surface area contributed by atoms with Crippen molar-refractivity contribution in [2.75, 3.05) is 11.9 Å². The predicted molar refractivity (Wildman–Crippen MR) is 75.6 cm³/mol. The molecule has 7 nitrogen and oxygen atoms in total. The maximum atomic E-state index is 12.4. The van der Waals surface area contributed by atoms with Crippen LogP contribution in [0.3, 0.4) is 0 Å². The largest absolute Gasteiger partial charge is 0.339 e. The Morgan fingerprint density at radius 2 is 2.29 bits per heavy atom. The number of nitrogens with one attached hydrogen (secondary N) is 1. The van der Waals surface area contributed by atoms with E-state index in [2.05, 4.69) is 20.4 Å². The minimum Gasteiger partial charge on any atom is -0.339 e. The van der Waals surface area contributed by atoms with E-state index in [1.807, 2.05) is 6.92 Å². The molecule has 3 rings (SSSR count). The zero-order valence-electron chi connectivity index (χ0n) is 11.8. The van der Waals surface area contributed by atoms with Crippen LogP contribution in [0.15, 0.2) is 29.0 Å². The highest BCUT2D eigenvalue weighted by atomic mass is 16.5. The van der Waals surface area contributed by atoms with Gasteiger partial charge in [0.25, 0.3) is 0 Å². The normalized spacial score (nSPS) is 18.0. The van der Waals surface area contributed by atoms with E-state index >= 15 is 0 Å². The maximum Gasteiger partial charge on any atom is 0.322 e. The van der Waals surface area contributed by atoms with Crippen LogP contribution >= 0.6 is 0 Å². The van der Waals surface area contributed by atoms with Crippen molar-refractivity contribution in [1.82, 2.24) is 20.0 Å². The average Bonchev–Trinajstić information content (AvgIpc) is 3.16. The second-order valence-corrected chi connectivity index (χ2v) is 4.92. The Kier molecular flexibility index (Phi) is 3.81. The number of hydrogen-bond donors (Lipinski definition) is 1. The monoisotopic (exact) mass is 287 g/mol. The van der Waals surface area contributed by atoms with Gasteiger partial charge in [0.1, 0.15) is 0 Å². The molecule has 0 spiro atoms. The molecule has 7 heteroatoms. The highest BCUT2D eigenvalue weighted by Crippen LogP contribution is 2.30. The number of carbonyl (C=O) groups excluding carboxylic acids is 1. The number of rotatable bonds is 3. The molecule has 0 saturated carbocycles. The summed E-state index contributed by atoms with van der Waals surface area (Å²) in [5.41, 5.74) is 0.725. The van der Waals surface area contributed by atoms with Crippen molar-refractivity contribution in [2.45, 2.75) is 32.2 Å². The lowest BCUT2D eigenvalue weighted by molar-refractivity contribution is 0.204. The first-order chi connectivity index (χ1) is 10.3. The van der Waals surface area contributed by atoms with E-state index in [1.165, 1.54) is 0 Å². The van der Waals surface area contributed by atoms with Gasteiger partial charge in [-0.15, -0.1) is 0 Å². The summed E-state index contributed by atoms with van der Waals surface area (Å²) >= 11 is 0. The fraction of sp³-hybridized carbons (Fsp3) is 0.429. The van der Waals surface area contributed by atoms with Crippen LogP contribution in [0.5, 0.6) is 0 Å². The van der Waals surface area contributed by atoms with Gasteiger partial charge in [0.2, 0.25) is 5.89 Å². The van der Waals surface area contributed by atoms with Gasteiger partial charge in [0, 0.05) is 31.0 Å². The van der Waals surface area contributed by atoms with Crippen LogP contribution in [0.4, 0.5) is 10.5 Å². The van der Waals surface area contributed by atoms with Crippen LogP contribution in [-0.4, -0.2) is 32.6 Å². The van der Waals surface area contributed by atoms with Crippen LogP contribution in [0.2, 0.25) is 0 Å². The first-order valence-electron chi connectivity index (χ1n) is 7.08. The summed E-state index contributed by atoms with van der Waals surface area (Å²) in [6.45, 7) is 2.65. The average molecular weight is 287 g/mol. The third-order valence-electron chi connectivity index (χ3n) is 3.53. The zero-order chi connectivity index (χ0) is 14.7. The number of amides is 2. The standard InChI is InChI=1S/C14H17N5O2/c1-2-12-17-13(18-21-12)11-4-3-9-19(11)14(20)16-10-5-7-15-8-6-10/h5-8,11H,2-4,9H2,1H3,(H,15,16,20). The van der Waals surface area contributed by atoms with Crippen LogP contribution in [0.25, 0.3) is 0 Å². The van der Waals surface area contributed by atoms with Gasteiger partial charge in [-0.1, -0.05) is 12.1 Å². The molecule has 1 unspecified atom stereocenters. The molecule has 0 aromatic carbocycles. The molecule has 1 aliphatic rings. The van der Waals surface area contributed by atoms with Crippen molar-refractivity contribution in [3.05, 3.63) is 36.2 Å². The quantitative estimate of drug-likeness (QED) is 0.937. The lowest BCUT2D eigenvalue weighted by Gasteiger charge is -2.22. The molecule has 1 fully saturated rings. The summed E-state index contributed by atoms with van der Waals surface area (Å²) in [5.74, 6) is 1.20. The van der Waals surface area contributed by atoms with Gasteiger partial charge >= 0.3 is 6.03 Å². The smallest absolute Gasteiger partial charge is 0.322 e. The number of carbonyl (C=O) groups is 1. The fourth-order valence-corrected chi connectivity index (χ4v) is 2.46. The second-order valence-electron chi connectivity index (χ2n) is 4.92. The number of aromatic nitrogens is 3. The molecular weight excluding hydrogens is 270 g/mol. The second kappa shape index (κ2) is 5.90. The lowest BCUT2D eigenvalue weighted by atomic mass is 10.2. The Labute approximate surface area is 122 Å². The minimum atomic E-state index is -0.147. The molecule has 1 N–H and O–H groups in total. The van der Waals surface area contributed by atoms with Gasteiger partial charge in [0.05, 0.1) is 6.04 Å². The van der Waals surface area contributed by atoms with Crippen molar-refractivity contribution >= 4 is 11.7 Å². The van der Waals surface area contributed by atoms with Crippen LogP contribution in [-0.2, 0) is 6.42 Å². The summed E-state index contributed by atoms with van der Waals surface area (Å²) < 4.78 is 5.14. The third kappa shape index (κ3) is 2.86. The van der Waals surface area contributed by atoms with E-state index in [0.717, 1.165) is 18.5 Å². The predicted octanol–water partition coefficient (Wildman–Crippen LogP) is 2.40. The molecular formula is C14H17N5O2. The number of urea groups is 1.